The molecule has 5 rings (SSSR count). The van der Waals surface area contributed by atoms with Crippen LogP contribution < -0.4 is 37.5 Å². The van der Waals surface area contributed by atoms with E-state index in [2.05, 4.69) is 45.4 Å². The smallest absolute Gasteiger partial charge is 0.276 e. The maximum atomic E-state index is 15.1. The Morgan fingerprint density at radius 3 is 2.37 bits per heavy atom. The van der Waals surface area contributed by atoms with Crippen molar-refractivity contribution in [3.8, 4) is 17.0 Å². The van der Waals surface area contributed by atoms with E-state index >= 15 is 4.39 Å². The first-order valence-corrected chi connectivity index (χ1v) is 26.1. The van der Waals surface area contributed by atoms with Gasteiger partial charge in [-0.1, -0.05) is 13.8 Å². The first-order valence-electron chi connectivity index (χ1n) is 24.0. The second-order valence-electron chi connectivity index (χ2n) is 18.8. The highest BCUT2D eigenvalue weighted by Gasteiger charge is 2.40. The first-order chi connectivity index (χ1) is 33.7. The average molecular weight is 1010 g/mol. The molecule has 2 aromatic carbocycles. The second-order valence-corrected chi connectivity index (χ2v) is 21.2. The number of nitrogens with two attached hydrogens (primary N) is 2. The van der Waals surface area contributed by atoms with Crippen LogP contribution in [0.2, 0.25) is 0 Å². The number of primary amides is 1. The largest absolute Gasteiger partial charge is 0.494 e. The third-order valence-corrected chi connectivity index (χ3v) is 13.5. The van der Waals surface area contributed by atoms with E-state index in [0.717, 1.165) is 32.3 Å². The van der Waals surface area contributed by atoms with Gasteiger partial charge >= 0.3 is 0 Å². The topological polar surface area (TPSA) is 263 Å². The minimum absolute atomic E-state index is 0.0209. The first kappa shape index (κ1) is 56.0. The second kappa shape index (κ2) is 26.5. The van der Waals surface area contributed by atoms with Crippen LogP contribution >= 0.6 is 0 Å². The van der Waals surface area contributed by atoms with E-state index in [0.29, 0.717) is 74.6 Å². The number of hydrogen-bond donors (Lipinski definition) is 6. The molecule has 6 bridgehead atoms. The molecule has 5 amide bonds. The Morgan fingerprint density at radius 1 is 0.944 bits per heavy atom. The highest BCUT2D eigenvalue weighted by molar-refractivity contribution is 7.92. The minimum atomic E-state index is -3.32. The Kier molecular flexibility index (Phi) is 20.9. The summed E-state index contributed by atoms with van der Waals surface area (Å²) in [6.45, 7) is 8.54. The van der Waals surface area contributed by atoms with E-state index in [4.69, 9.17) is 16.2 Å². The molecule has 0 aliphatic carbocycles. The summed E-state index contributed by atoms with van der Waals surface area (Å²) in [7, 11) is 2.43. The summed E-state index contributed by atoms with van der Waals surface area (Å²) in [5.74, 6) is -4.94. The number of hydrogen-bond acceptors (Lipinski definition) is 15. The molecule has 3 heterocycles. The van der Waals surface area contributed by atoms with Crippen LogP contribution in [-0.2, 0) is 39.5 Å². The normalized spacial score (nSPS) is 16.8. The predicted molar refractivity (Wildman–Crippen MR) is 269 cm³/mol. The number of amides is 5. The van der Waals surface area contributed by atoms with Gasteiger partial charge in [-0.3, -0.25) is 28.9 Å². The van der Waals surface area contributed by atoms with Gasteiger partial charge in [-0.2, -0.15) is 4.36 Å². The van der Waals surface area contributed by atoms with Gasteiger partial charge in [0.25, 0.3) is 5.91 Å². The molecule has 390 valence electrons. The van der Waals surface area contributed by atoms with Crippen LogP contribution in [0.4, 0.5) is 26.1 Å². The summed E-state index contributed by atoms with van der Waals surface area (Å²) in [6, 6.07) is 5.61. The quantitative estimate of drug-likeness (QED) is 0.0951. The Balaban J connectivity index is 1.26. The summed E-state index contributed by atoms with van der Waals surface area (Å²) < 4.78 is 54.2. The predicted octanol–water partition coefficient (Wildman–Crippen LogP) is 2.51. The summed E-state index contributed by atoms with van der Waals surface area (Å²) >= 11 is 0. The lowest BCUT2D eigenvalue weighted by molar-refractivity contribution is -0.143. The van der Waals surface area contributed by atoms with E-state index in [-0.39, 0.29) is 42.6 Å². The van der Waals surface area contributed by atoms with Crippen molar-refractivity contribution >= 4 is 56.6 Å². The van der Waals surface area contributed by atoms with Crippen molar-refractivity contribution in [2.24, 2.45) is 21.7 Å². The third-order valence-electron chi connectivity index (χ3n) is 12.1. The highest BCUT2D eigenvalue weighted by Crippen LogP contribution is 2.30. The third kappa shape index (κ3) is 17.4. The molecule has 1 saturated heterocycles. The van der Waals surface area contributed by atoms with Gasteiger partial charge in [0.15, 0.2) is 5.82 Å². The number of carbonyl (C=O) groups excluding carboxylic acids is 5. The van der Waals surface area contributed by atoms with Crippen molar-refractivity contribution in [1.82, 2.24) is 40.2 Å². The van der Waals surface area contributed by atoms with Crippen molar-refractivity contribution in [2.45, 2.75) is 76.3 Å². The summed E-state index contributed by atoms with van der Waals surface area (Å²) in [4.78, 5) is 83.0. The fraction of sp³-hybridized carbons (Fsp3) is 0.562. The molecule has 23 heteroatoms. The number of anilines is 3. The Morgan fingerprint density at radius 2 is 1.66 bits per heavy atom. The SMILES string of the molecule is CC(C)[C@H](NC(=O)[C@@H]1CCCN1C(=O)[C@H](CC(N)=O)NC(=O)CN(C)CCN(C)CCN(C)CCN)C(=O)N=[S@@](C)(=O)Cc1cc2cc(c1)OCCCCCNc1cc(ccc1F)-c1nc(ncc1F)N2. The van der Waals surface area contributed by atoms with Gasteiger partial charge in [0, 0.05) is 75.9 Å². The number of nitrogens with one attached hydrogen (secondary N) is 4. The number of aromatic nitrogens is 2. The molecule has 71 heavy (non-hydrogen) atoms. The van der Waals surface area contributed by atoms with Gasteiger partial charge < -0.3 is 52.2 Å². The number of ether oxygens (including phenoxy) is 1. The number of likely N-dealkylation sites (N-methyl/N-ethyl adjacent to an activating group) is 3. The lowest BCUT2D eigenvalue weighted by atomic mass is 10.0. The molecule has 0 unspecified atom stereocenters. The van der Waals surface area contributed by atoms with Crippen LogP contribution in [0.15, 0.2) is 47.0 Å². The van der Waals surface area contributed by atoms with Gasteiger partial charge in [-0.05, 0) is 95.1 Å². The van der Waals surface area contributed by atoms with Crippen LogP contribution in [0, 0.1) is 17.6 Å². The Labute approximate surface area is 415 Å². The van der Waals surface area contributed by atoms with Gasteiger partial charge in [-0.25, -0.2) is 23.0 Å². The van der Waals surface area contributed by atoms with E-state index in [9.17, 15) is 32.6 Å². The molecule has 1 aromatic heterocycles. The monoisotopic (exact) mass is 1010 g/mol. The van der Waals surface area contributed by atoms with Gasteiger partial charge in [0.2, 0.25) is 29.6 Å². The zero-order chi connectivity index (χ0) is 51.8. The Bertz CT molecular complexity index is 2480. The van der Waals surface area contributed by atoms with Crippen LogP contribution in [-0.4, -0.2) is 174 Å². The lowest BCUT2D eigenvalue weighted by Gasteiger charge is -2.30. The van der Waals surface area contributed by atoms with Crippen molar-refractivity contribution in [2.75, 3.05) is 104 Å². The average Bonchev–Trinajstić information content (AvgIpc) is 3.79. The van der Waals surface area contributed by atoms with Crippen molar-refractivity contribution in [3.63, 3.8) is 0 Å². The molecule has 2 aliphatic heterocycles. The molecular weight excluding hydrogens is 941 g/mol. The molecule has 4 atom stereocenters. The van der Waals surface area contributed by atoms with E-state index in [1.54, 1.807) is 44.0 Å². The molecular formula is C48H71F2N13O7S. The fourth-order valence-electron chi connectivity index (χ4n) is 8.23. The molecule has 3 aromatic rings. The molecule has 20 nitrogen and oxygen atoms in total. The molecule has 2 aliphatic rings. The van der Waals surface area contributed by atoms with Crippen LogP contribution in [0.1, 0.15) is 57.9 Å². The maximum Gasteiger partial charge on any atom is 0.276 e. The van der Waals surface area contributed by atoms with Gasteiger partial charge in [0.05, 0.1) is 46.9 Å². The minimum Gasteiger partial charge on any atom is -0.494 e. The number of fused-ring (bicyclic) bond motifs is 7. The standard InChI is InChI=1S/C48H71F2N13O7S/c1-31(2)43(57-45(66)40-11-10-16-63(40)47(68)39(27-41(52)64)56-42(65)29-62(5)21-20-61(4)19-18-60(3)17-14-51)46(67)59-71(6,69)30-32-23-34-26-35(24-32)70-22-9-7-8-15-53-38-25-33(12-13-36(38)49)44-37(50)28-54-48(55-34)58-44/h12-13,23-26,28,31,39-40,43,53H,7-11,14-22,27,29-30,51H2,1-6H3,(H2,52,64)(H,56,65)(H,57,66)(H,54,55,58)/t39-,40-,43-,71-/m0/s1. The molecule has 0 radical (unpaired) electrons. The van der Waals surface area contributed by atoms with Gasteiger partial charge in [0.1, 0.15) is 35.4 Å². The van der Waals surface area contributed by atoms with Crippen LogP contribution in [0.3, 0.4) is 0 Å². The van der Waals surface area contributed by atoms with E-state index < -0.39 is 81.4 Å². The Hall–Kier alpha value is -5.88. The molecule has 8 N–H and O–H groups in total. The zero-order valence-electron chi connectivity index (χ0n) is 41.7. The van der Waals surface area contributed by atoms with Crippen molar-refractivity contribution in [1.29, 1.82) is 0 Å². The summed E-state index contributed by atoms with van der Waals surface area (Å²) in [5.41, 5.74) is 12.5. The van der Waals surface area contributed by atoms with Crippen LogP contribution in [0.25, 0.3) is 11.3 Å². The number of nitrogens with zero attached hydrogens (tertiary/aromatic N) is 7. The van der Waals surface area contributed by atoms with E-state index in [1.807, 2.05) is 14.1 Å². The van der Waals surface area contributed by atoms with Gasteiger partial charge in [-0.15, -0.1) is 0 Å². The fourth-order valence-corrected chi connectivity index (χ4v) is 9.57. The zero-order valence-corrected chi connectivity index (χ0v) is 42.5. The number of carbonyl (C=O) groups is 5. The van der Waals surface area contributed by atoms with Crippen molar-refractivity contribution in [3.05, 3.63) is 59.8 Å². The highest BCUT2D eigenvalue weighted by atomic mass is 32.2. The number of benzene rings is 2. The van der Waals surface area contributed by atoms with E-state index in [1.165, 1.54) is 29.4 Å². The van der Waals surface area contributed by atoms with Crippen molar-refractivity contribution < 1.29 is 41.7 Å². The number of rotatable bonds is 20. The summed E-state index contributed by atoms with van der Waals surface area (Å²) in [6.07, 6.45) is 4.67. The lowest BCUT2D eigenvalue weighted by Crippen LogP contribution is -2.57. The summed E-state index contributed by atoms with van der Waals surface area (Å²) in [5, 5.41) is 11.5. The molecule has 0 saturated carbocycles. The number of halogens is 2. The number of likely N-dealkylation sites (tertiary alicyclic amines) is 1. The molecule has 0 spiro atoms. The van der Waals surface area contributed by atoms with Crippen LogP contribution in [0.5, 0.6) is 5.75 Å². The maximum absolute atomic E-state index is 15.1. The molecule has 1 fully saturated rings.